The Morgan fingerprint density at radius 2 is 1.90 bits per heavy atom. The number of anilines is 2. The average molecular weight is 433 g/mol. The lowest BCUT2D eigenvalue weighted by Crippen LogP contribution is -2.55. The maximum absolute atomic E-state index is 12.8. The van der Waals surface area contributed by atoms with Crippen molar-refractivity contribution in [2.45, 2.75) is 32.6 Å². The molecule has 0 saturated carbocycles. The van der Waals surface area contributed by atoms with E-state index in [0.29, 0.717) is 24.5 Å². The third-order valence-corrected chi connectivity index (χ3v) is 8.14. The van der Waals surface area contributed by atoms with Crippen LogP contribution in [0.15, 0.2) is 30.5 Å². The summed E-state index contributed by atoms with van der Waals surface area (Å²) in [7, 11) is 0.0110. The van der Waals surface area contributed by atoms with Gasteiger partial charge in [0.05, 0.1) is 21.4 Å². The molecule has 0 radical (unpaired) electrons. The van der Waals surface area contributed by atoms with Gasteiger partial charge < -0.3 is 19.9 Å². The van der Waals surface area contributed by atoms with Crippen LogP contribution in [0.2, 0.25) is 19.6 Å². The van der Waals surface area contributed by atoms with Gasteiger partial charge >= 0.3 is 12.0 Å². The number of hydrogen-bond donors (Lipinski definition) is 1. The summed E-state index contributed by atoms with van der Waals surface area (Å²) >= 11 is 1.31. The van der Waals surface area contributed by atoms with E-state index in [1.807, 2.05) is 24.0 Å². The number of thiazole rings is 1. The minimum absolute atomic E-state index is 0.0236. The zero-order valence-corrected chi connectivity index (χ0v) is 19.4. The molecule has 0 aliphatic carbocycles. The zero-order chi connectivity index (χ0) is 21.2. The van der Waals surface area contributed by atoms with E-state index < -0.39 is 8.07 Å². The van der Waals surface area contributed by atoms with Gasteiger partial charge in [-0.1, -0.05) is 48.3 Å². The summed E-state index contributed by atoms with van der Waals surface area (Å²) in [5, 5.41) is 5.16. The standard InChI is InChI=1S/C20H28N4O3SSi/c1-14-13-23(20-21-12-17(28-20)18(25)27-2)10-11-24(14)19(26)22-15-6-8-16(9-7-15)29(3,4)5/h6-9,12,14H,10-11,13H2,1-5H3,(H,22,26). The molecule has 2 aromatic rings. The second kappa shape index (κ2) is 8.54. The highest BCUT2D eigenvalue weighted by Gasteiger charge is 2.29. The third kappa shape index (κ3) is 4.97. The smallest absolute Gasteiger partial charge is 0.349 e. The number of ether oxygens (including phenoxy) is 1. The first-order valence-corrected chi connectivity index (χ1v) is 14.0. The molecule has 1 aromatic heterocycles. The number of piperazine rings is 1. The van der Waals surface area contributed by atoms with Crippen molar-refractivity contribution in [3.63, 3.8) is 0 Å². The Kier molecular flexibility index (Phi) is 6.28. The summed E-state index contributed by atoms with van der Waals surface area (Å²) in [4.78, 5) is 33.2. The Morgan fingerprint density at radius 3 is 2.48 bits per heavy atom. The Balaban J connectivity index is 1.60. The number of esters is 1. The Morgan fingerprint density at radius 1 is 1.21 bits per heavy atom. The van der Waals surface area contributed by atoms with Crippen LogP contribution in [0.5, 0.6) is 0 Å². The fraction of sp³-hybridized carbons (Fsp3) is 0.450. The van der Waals surface area contributed by atoms with Crippen LogP contribution in [-0.4, -0.2) is 62.7 Å². The molecule has 1 aromatic carbocycles. The molecular formula is C20H28N4O3SSi. The molecule has 1 atom stereocenters. The van der Waals surface area contributed by atoms with Gasteiger partial charge in [0.25, 0.3) is 0 Å². The van der Waals surface area contributed by atoms with Crippen LogP contribution < -0.4 is 15.4 Å². The number of nitrogens with zero attached hydrogens (tertiary/aromatic N) is 3. The average Bonchev–Trinajstić information content (AvgIpc) is 3.17. The molecule has 1 aliphatic rings. The van der Waals surface area contributed by atoms with Gasteiger partial charge in [-0.15, -0.1) is 0 Å². The predicted molar refractivity (Wildman–Crippen MR) is 120 cm³/mol. The van der Waals surface area contributed by atoms with E-state index in [1.54, 1.807) is 6.20 Å². The van der Waals surface area contributed by atoms with Gasteiger partial charge in [-0.25, -0.2) is 14.6 Å². The number of carbonyl (C=O) groups excluding carboxylic acids is 2. The Bertz CT molecular complexity index is 879. The first-order valence-electron chi connectivity index (χ1n) is 9.66. The number of methoxy groups -OCH3 is 1. The number of urea groups is 1. The quantitative estimate of drug-likeness (QED) is 0.593. The van der Waals surface area contributed by atoms with Crippen LogP contribution in [0.1, 0.15) is 16.6 Å². The van der Waals surface area contributed by atoms with Crippen LogP contribution >= 0.6 is 11.3 Å². The first-order chi connectivity index (χ1) is 13.7. The molecule has 1 aliphatic heterocycles. The molecule has 0 bridgehead atoms. The normalized spacial score (nSPS) is 17.2. The molecule has 7 nitrogen and oxygen atoms in total. The lowest BCUT2D eigenvalue weighted by atomic mass is 10.2. The monoisotopic (exact) mass is 432 g/mol. The van der Waals surface area contributed by atoms with Gasteiger partial charge in [0.15, 0.2) is 5.13 Å². The van der Waals surface area contributed by atoms with Gasteiger partial charge in [-0.2, -0.15) is 0 Å². The van der Waals surface area contributed by atoms with E-state index in [-0.39, 0.29) is 18.0 Å². The molecule has 2 amide bonds. The van der Waals surface area contributed by atoms with Gasteiger partial charge in [-0.3, -0.25) is 0 Å². The zero-order valence-electron chi connectivity index (χ0n) is 17.6. The summed E-state index contributed by atoms with van der Waals surface area (Å²) in [6.07, 6.45) is 1.54. The summed E-state index contributed by atoms with van der Waals surface area (Å²) < 4.78 is 4.74. The summed E-state index contributed by atoms with van der Waals surface area (Å²) in [5.41, 5.74) is 0.814. The topological polar surface area (TPSA) is 74.8 Å². The van der Waals surface area contributed by atoms with E-state index in [9.17, 15) is 9.59 Å². The van der Waals surface area contributed by atoms with Crippen molar-refractivity contribution in [2.24, 2.45) is 0 Å². The molecular weight excluding hydrogens is 404 g/mol. The molecule has 1 fully saturated rings. The maximum Gasteiger partial charge on any atom is 0.349 e. The van der Waals surface area contributed by atoms with Gasteiger partial charge in [0.2, 0.25) is 0 Å². The fourth-order valence-electron chi connectivity index (χ4n) is 3.29. The molecule has 2 heterocycles. The van der Waals surface area contributed by atoms with Crippen molar-refractivity contribution in [3.8, 4) is 0 Å². The molecule has 1 N–H and O–H groups in total. The lowest BCUT2D eigenvalue weighted by Gasteiger charge is -2.39. The maximum atomic E-state index is 12.8. The van der Waals surface area contributed by atoms with Crippen LogP contribution in [-0.2, 0) is 4.74 Å². The largest absolute Gasteiger partial charge is 0.465 e. The van der Waals surface area contributed by atoms with Crippen LogP contribution in [0.3, 0.4) is 0 Å². The second-order valence-electron chi connectivity index (χ2n) is 8.24. The lowest BCUT2D eigenvalue weighted by molar-refractivity contribution is 0.0606. The third-order valence-electron chi connectivity index (χ3n) is 5.04. The van der Waals surface area contributed by atoms with E-state index in [1.165, 1.54) is 23.6 Å². The number of aromatic nitrogens is 1. The summed E-state index contributed by atoms with van der Waals surface area (Å²) in [6, 6.07) is 8.13. The van der Waals surface area contributed by atoms with E-state index in [2.05, 4.69) is 47.0 Å². The van der Waals surface area contributed by atoms with E-state index in [4.69, 9.17) is 4.74 Å². The van der Waals surface area contributed by atoms with Crippen molar-refractivity contribution in [2.75, 3.05) is 37.0 Å². The number of benzene rings is 1. The Hall–Kier alpha value is -2.39. The molecule has 156 valence electrons. The molecule has 9 heteroatoms. The molecule has 1 unspecified atom stereocenters. The van der Waals surface area contributed by atoms with Gasteiger partial charge in [0, 0.05) is 31.4 Å². The fourth-order valence-corrected chi connectivity index (χ4v) is 5.32. The van der Waals surface area contributed by atoms with Gasteiger partial charge in [0.1, 0.15) is 4.88 Å². The molecule has 0 spiro atoms. The van der Waals surface area contributed by atoms with Crippen molar-refractivity contribution in [1.82, 2.24) is 9.88 Å². The summed E-state index contributed by atoms with van der Waals surface area (Å²) in [5.74, 6) is -0.375. The van der Waals surface area contributed by atoms with Crippen molar-refractivity contribution in [1.29, 1.82) is 0 Å². The molecule has 1 saturated heterocycles. The highest BCUT2D eigenvalue weighted by molar-refractivity contribution is 7.17. The van der Waals surface area contributed by atoms with Gasteiger partial charge in [-0.05, 0) is 19.1 Å². The molecule has 29 heavy (non-hydrogen) atoms. The number of amides is 2. The Labute approximate surface area is 176 Å². The number of rotatable bonds is 4. The number of hydrogen-bond acceptors (Lipinski definition) is 6. The first kappa shape index (κ1) is 21.3. The van der Waals surface area contributed by atoms with Crippen LogP contribution in [0, 0.1) is 0 Å². The van der Waals surface area contributed by atoms with Crippen molar-refractivity contribution >= 4 is 47.4 Å². The van der Waals surface area contributed by atoms with Crippen LogP contribution in [0.25, 0.3) is 0 Å². The van der Waals surface area contributed by atoms with E-state index >= 15 is 0 Å². The highest BCUT2D eigenvalue weighted by Crippen LogP contribution is 2.25. The number of nitrogens with one attached hydrogen (secondary N) is 1. The van der Waals surface area contributed by atoms with Crippen molar-refractivity contribution < 1.29 is 14.3 Å². The van der Waals surface area contributed by atoms with E-state index in [0.717, 1.165) is 10.8 Å². The molecule has 3 rings (SSSR count). The minimum atomic E-state index is -1.35. The van der Waals surface area contributed by atoms with Crippen LogP contribution in [0.4, 0.5) is 15.6 Å². The van der Waals surface area contributed by atoms with Crippen molar-refractivity contribution in [3.05, 3.63) is 35.3 Å². The SMILES string of the molecule is COC(=O)c1cnc(N2CCN(C(=O)Nc3ccc([Si](C)(C)C)cc3)C(C)C2)s1. The second-order valence-corrected chi connectivity index (χ2v) is 14.3. The predicted octanol–water partition coefficient (Wildman–Crippen LogP) is 3.22. The highest BCUT2D eigenvalue weighted by atomic mass is 32.1. The minimum Gasteiger partial charge on any atom is -0.465 e. The number of carbonyl (C=O) groups is 2. The summed E-state index contributed by atoms with van der Waals surface area (Å²) in [6.45, 7) is 10.9.